The van der Waals surface area contributed by atoms with E-state index in [9.17, 15) is 0 Å². The Balaban J connectivity index is 3.03. The zero-order chi connectivity index (χ0) is 9.68. The van der Waals surface area contributed by atoms with E-state index in [4.69, 9.17) is 21.6 Å². The molecular formula is C10H8ClNO. The van der Waals surface area contributed by atoms with Gasteiger partial charge in [0.15, 0.2) is 0 Å². The summed E-state index contributed by atoms with van der Waals surface area (Å²) < 4.78 is 5.01. The number of allylic oxidation sites excluding steroid dienone is 1. The van der Waals surface area contributed by atoms with Crippen molar-refractivity contribution in [3.63, 3.8) is 0 Å². The molecule has 3 heteroatoms. The fraction of sp³-hybridized carbons (Fsp3) is 0.100. The smallest absolute Gasteiger partial charge is 0.119 e. The van der Waals surface area contributed by atoms with Gasteiger partial charge in [-0.3, -0.25) is 0 Å². The molecule has 0 saturated heterocycles. The van der Waals surface area contributed by atoms with Crippen molar-refractivity contribution in [3.05, 3.63) is 35.9 Å². The van der Waals surface area contributed by atoms with Gasteiger partial charge in [-0.1, -0.05) is 23.7 Å². The van der Waals surface area contributed by atoms with Gasteiger partial charge in [-0.2, -0.15) is 5.26 Å². The van der Waals surface area contributed by atoms with Gasteiger partial charge in [-0.05, 0) is 17.7 Å². The minimum absolute atomic E-state index is 0.418. The molecule has 0 unspecified atom stereocenters. The predicted molar refractivity (Wildman–Crippen MR) is 52.4 cm³/mol. The predicted octanol–water partition coefficient (Wildman–Crippen LogP) is 2.80. The first kappa shape index (κ1) is 9.63. The van der Waals surface area contributed by atoms with Crippen LogP contribution < -0.4 is 4.74 Å². The second kappa shape index (κ2) is 4.54. The van der Waals surface area contributed by atoms with Gasteiger partial charge in [0.1, 0.15) is 5.75 Å². The van der Waals surface area contributed by atoms with E-state index in [-0.39, 0.29) is 0 Å². The maximum Gasteiger partial charge on any atom is 0.119 e. The second-order valence-electron chi connectivity index (χ2n) is 2.35. The number of nitriles is 1. The molecule has 0 spiro atoms. The number of halogens is 1. The third kappa shape index (κ3) is 2.50. The lowest BCUT2D eigenvalue weighted by Crippen LogP contribution is -1.83. The average Bonchev–Trinajstić information content (AvgIpc) is 2.18. The van der Waals surface area contributed by atoms with Crippen LogP contribution in [0, 0.1) is 11.3 Å². The molecule has 0 aliphatic heterocycles. The number of ether oxygens (including phenoxy) is 1. The molecular weight excluding hydrogens is 186 g/mol. The van der Waals surface area contributed by atoms with E-state index in [1.807, 2.05) is 24.3 Å². The van der Waals surface area contributed by atoms with Crippen LogP contribution in [0.15, 0.2) is 30.3 Å². The first-order chi connectivity index (χ1) is 6.27. The fourth-order valence-corrected chi connectivity index (χ4v) is 1.08. The van der Waals surface area contributed by atoms with E-state index in [0.717, 1.165) is 11.3 Å². The third-order valence-corrected chi connectivity index (χ3v) is 1.86. The molecule has 0 atom stereocenters. The van der Waals surface area contributed by atoms with Crippen molar-refractivity contribution in [2.24, 2.45) is 0 Å². The number of hydrogen-bond donors (Lipinski definition) is 0. The largest absolute Gasteiger partial charge is 0.497 e. The quantitative estimate of drug-likeness (QED) is 0.677. The van der Waals surface area contributed by atoms with Crippen LogP contribution in [0.4, 0.5) is 0 Å². The van der Waals surface area contributed by atoms with Crippen molar-refractivity contribution in [1.29, 1.82) is 5.26 Å². The Kier molecular flexibility index (Phi) is 3.36. The Bertz CT molecular complexity index is 365. The average molecular weight is 194 g/mol. The fourth-order valence-electron chi connectivity index (χ4n) is 0.912. The molecule has 0 bridgehead atoms. The van der Waals surface area contributed by atoms with Crippen LogP contribution in [0.3, 0.4) is 0 Å². The lowest BCUT2D eigenvalue weighted by molar-refractivity contribution is 0.414. The first-order valence-corrected chi connectivity index (χ1v) is 4.05. The second-order valence-corrected chi connectivity index (χ2v) is 2.76. The lowest BCUT2D eigenvalue weighted by Gasteiger charge is -2.01. The van der Waals surface area contributed by atoms with Gasteiger partial charge in [-0.25, -0.2) is 0 Å². The number of hydrogen-bond acceptors (Lipinski definition) is 2. The van der Waals surface area contributed by atoms with Crippen LogP contribution in [0.2, 0.25) is 0 Å². The molecule has 66 valence electrons. The minimum atomic E-state index is 0.418. The van der Waals surface area contributed by atoms with Crippen molar-refractivity contribution >= 4 is 16.6 Å². The molecule has 0 fully saturated rings. The SMILES string of the molecule is COc1cccc(C(Cl)=CC#N)c1. The van der Waals surface area contributed by atoms with Gasteiger partial charge in [0, 0.05) is 6.08 Å². The highest BCUT2D eigenvalue weighted by Gasteiger charge is 1.98. The van der Waals surface area contributed by atoms with Crippen LogP contribution in [0.1, 0.15) is 5.56 Å². The first-order valence-electron chi connectivity index (χ1n) is 3.67. The maximum absolute atomic E-state index is 8.38. The van der Waals surface area contributed by atoms with E-state index in [0.29, 0.717) is 5.03 Å². The van der Waals surface area contributed by atoms with Crippen LogP contribution >= 0.6 is 11.6 Å². The Morgan fingerprint density at radius 1 is 1.62 bits per heavy atom. The van der Waals surface area contributed by atoms with Gasteiger partial charge < -0.3 is 4.74 Å². The summed E-state index contributed by atoms with van der Waals surface area (Å²) >= 11 is 5.82. The van der Waals surface area contributed by atoms with Gasteiger partial charge in [0.05, 0.1) is 18.2 Å². The summed E-state index contributed by atoms with van der Waals surface area (Å²) in [5, 5.41) is 8.80. The summed E-state index contributed by atoms with van der Waals surface area (Å²) in [7, 11) is 1.58. The van der Waals surface area contributed by atoms with Crippen LogP contribution in [-0.4, -0.2) is 7.11 Å². The van der Waals surface area contributed by atoms with Crippen molar-refractivity contribution in [1.82, 2.24) is 0 Å². The molecule has 0 aromatic heterocycles. The molecule has 1 rings (SSSR count). The van der Waals surface area contributed by atoms with Gasteiger partial charge >= 0.3 is 0 Å². The number of benzene rings is 1. The molecule has 0 amide bonds. The third-order valence-electron chi connectivity index (χ3n) is 1.54. The van der Waals surface area contributed by atoms with Crippen molar-refractivity contribution < 1.29 is 4.74 Å². The molecule has 0 N–H and O–H groups in total. The van der Waals surface area contributed by atoms with Crippen LogP contribution in [0.25, 0.3) is 5.03 Å². The maximum atomic E-state index is 8.38. The Morgan fingerprint density at radius 3 is 3.00 bits per heavy atom. The number of rotatable bonds is 2. The van der Waals surface area contributed by atoms with Gasteiger partial charge in [0.2, 0.25) is 0 Å². The van der Waals surface area contributed by atoms with E-state index in [1.165, 1.54) is 6.08 Å². The summed E-state index contributed by atoms with van der Waals surface area (Å²) in [6.45, 7) is 0. The molecule has 0 heterocycles. The number of nitrogens with zero attached hydrogens (tertiary/aromatic N) is 1. The lowest BCUT2D eigenvalue weighted by atomic mass is 10.2. The summed E-state index contributed by atoms with van der Waals surface area (Å²) in [6, 6.07) is 9.10. The monoisotopic (exact) mass is 193 g/mol. The van der Waals surface area contributed by atoms with E-state index in [1.54, 1.807) is 13.2 Å². The minimum Gasteiger partial charge on any atom is -0.497 e. The van der Waals surface area contributed by atoms with Crippen molar-refractivity contribution in [2.75, 3.05) is 7.11 Å². The zero-order valence-corrected chi connectivity index (χ0v) is 7.88. The van der Waals surface area contributed by atoms with E-state index in [2.05, 4.69) is 0 Å². The summed E-state index contributed by atoms with van der Waals surface area (Å²) in [5.41, 5.74) is 0.780. The normalized spacial score (nSPS) is 10.7. The standard InChI is InChI=1S/C10H8ClNO/c1-13-9-4-2-3-8(7-9)10(11)5-6-12/h2-5,7H,1H3. The van der Waals surface area contributed by atoms with E-state index < -0.39 is 0 Å². The Morgan fingerprint density at radius 2 is 2.38 bits per heavy atom. The molecule has 0 saturated carbocycles. The Labute approximate surface area is 82.0 Å². The molecule has 13 heavy (non-hydrogen) atoms. The summed E-state index contributed by atoms with van der Waals surface area (Å²) in [6.07, 6.45) is 1.29. The Hall–Kier alpha value is -1.46. The van der Waals surface area contributed by atoms with Gasteiger partial charge in [0.25, 0.3) is 0 Å². The molecule has 1 aromatic rings. The number of methoxy groups -OCH3 is 1. The van der Waals surface area contributed by atoms with E-state index >= 15 is 0 Å². The van der Waals surface area contributed by atoms with Crippen molar-refractivity contribution in [2.45, 2.75) is 0 Å². The molecule has 1 aromatic carbocycles. The van der Waals surface area contributed by atoms with Crippen LogP contribution in [0.5, 0.6) is 5.75 Å². The molecule has 0 radical (unpaired) electrons. The molecule has 0 aliphatic carbocycles. The van der Waals surface area contributed by atoms with Crippen molar-refractivity contribution in [3.8, 4) is 11.8 Å². The summed E-state index contributed by atoms with van der Waals surface area (Å²) in [5.74, 6) is 0.724. The molecule has 0 aliphatic rings. The highest BCUT2D eigenvalue weighted by molar-refractivity contribution is 6.49. The highest BCUT2D eigenvalue weighted by atomic mass is 35.5. The van der Waals surface area contributed by atoms with Gasteiger partial charge in [-0.15, -0.1) is 0 Å². The summed E-state index contributed by atoms with van der Waals surface area (Å²) in [4.78, 5) is 0. The zero-order valence-electron chi connectivity index (χ0n) is 7.12. The van der Waals surface area contributed by atoms with Crippen LogP contribution in [-0.2, 0) is 0 Å². The molecule has 2 nitrogen and oxygen atoms in total. The highest BCUT2D eigenvalue weighted by Crippen LogP contribution is 2.22. The topological polar surface area (TPSA) is 33.0 Å².